The third kappa shape index (κ3) is 6.02. The molecule has 1 heterocycles. The molecule has 1 saturated heterocycles. The van der Waals surface area contributed by atoms with E-state index >= 15 is 0 Å². The maximum absolute atomic E-state index is 12.0. The summed E-state index contributed by atoms with van der Waals surface area (Å²) >= 11 is 0. The van der Waals surface area contributed by atoms with Gasteiger partial charge in [-0.15, -0.1) is 0 Å². The number of hydrogen-bond acceptors (Lipinski definition) is 4. The molecule has 3 N–H and O–H groups in total. The fraction of sp³-hybridized carbons (Fsp3) is 0.600. The van der Waals surface area contributed by atoms with Gasteiger partial charge in [0, 0.05) is 12.5 Å². The fourth-order valence-corrected chi connectivity index (χ4v) is 3.27. The lowest BCUT2D eigenvalue weighted by Crippen LogP contribution is -2.43. The highest BCUT2D eigenvalue weighted by atomic mass is 16.5. The van der Waals surface area contributed by atoms with E-state index < -0.39 is 0 Å². The highest BCUT2D eigenvalue weighted by Gasteiger charge is 2.23. The van der Waals surface area contributed by atoms with Gasteiger partial charge >= 0.3 is 0 Å². The Morgan fingerprint density at radius 3 is 2.58 bits per heavy atom. The van der Waals surface area contributed by atoms with E-state index in [2.05, 4.69) is 43.1 Å². The number of benzene rings is 1. The van der Waals surface area contributed by atoms with Gasteiger partial charge in [-0.05, 0) is 75.9 Å². The van der Waals surface area contributed by atoms with Crippen LogP contribution in [0.1, 0.15) is 36.0 Å². The number of amides is 2. The molecule has 1 aliphatic rings. The number of carbonyl (C=O) groups excluding carboxylic acids is 2. The second kappa shape index (κ2) is 9.57. The molecule has 6 nitrogen and oxygen atoms in total. The van der Waals surface area contributed by atoms with Gasteiger partial charge in [-0.1, -0.05) is 6.07 Å². The average Bonchev–Trinajstić information content (AvgIpc) is 2.59. The van der Waals surface area contributed by atoms with Crippen molar-refractivity contribution in [1.29, 1.82) is 0 Å². The van der Waals surface area contributed by atoms with Crippen LogP contribution in [-0.2, 0) is 9.59 Å². The molecule has 0 aromatic heterocycles. The summed E-state index contributed by atoms with van der Waals surface area (Å²) in [6, 6.07) is 4.20. The maximum Gasteiger partial charge on any atom is 0.234 e. The lowest BCUT2D eigenvalue weighted by Gasteiger charge is -2.29. The summed E-state index contributed by atoms with van der Waals surface area (Å²) < 4.78 is 5.86. The number of aryl methyl sites for hydroxylation is 2. The molecular formula is C20H31N3O3. The molecule has 0 radical (unpaired) electrons. The van der Waals surface area contributed by atoms with Gasteiger partial charge in [0.15, 0.2) is 0 Å². The lowest BCUT2D eigenvalue weighted by atomic mass is 9.96. The van der Waals surface area contributed by atoms with Crippen molar-refractivity contribution in [3.63, 3.8) is 0 Å². The third-order valence-electron chi connectivity index (χ3n) is 5.02. The zero-order valence-corrected chi connectivity index (χ0v) is 16.1. The number of likely N-dealkylation sites (tertiary alicyclic amines) is 1. The molecular weight excluding hydrogens is 330 g/mol. The molecule has 0 atom stereocenters. The molecule has 0 saturated carbocycles. The largest absolute Gasteiger partial charge is 0.493 e. The molecule has 1 aromatic rings. The van der Waals surface area contributed by atoms with Crippen molar-refractivity contribution < 1.29 is 14.3 Å². The molecule has 6 heteroatoms. The minimum atomic E-state index is -0.229. The molecule has 26 heavy (non-hydrogen) atoms. The Morgan fingerprint density at radius 1 is 1.23 bits per heavy atom. The van der Waals surface area contributed by atoms with E-state index in [0.717, 1.165) is 38.1 Å². The molecule has 1 fully saturated rings. The van der Waals surface area contributed by atoms with Crippen LogP contribution < -0.4 is 15.8 Å². The number of piperidine rings is 1. The molecule has 0 spiro atoms. The zero-order chi connectivity index (χ0) is 19.1. The van der Waals surface area contributed by atoms with E-state index in [4.69, 9.17) is 10.5 Å². The van der Waals surface area contributed by atoms with Gasteiger partial charge in [0.05, 0.1) is 13.2 Å². The number of ether oxygens (including phenoxy) is 1. The van der Waals surface area contributed by atoms with Crippen molar-refractivity contribution in [3.05, 3.63) is 28.8 Å². The number of rotatable bonds is 8. The Labute approximate surface area is 156 Å². The standard InChI is InChI=1S/C20H31N3O3/c1-14-11-15(2)16(3)18(12-14)26-10-4-7-22-19(24)13-23-8-5-17(6-9-23)20(21)25/h11-12,17H,4-10,13H2,1-3H3,(H2,21,25)(H,22,24). The number of primary amides is 1. The van der Waals surface area contributed by atoms with Gasteiger partial charge in [-0.3, -0.25) is 14.5 Å². The van der Waals surface area contributed by atoms with Crippen LogP contribution in [-0.4, -0.2) is 49.5 Å². The van der Waals surface area contributed by atoms with E-state index in [1.165, 1.54) is 16.7 Å². The number of nitrogens with one attached hydrogen (secondary N) is 1. The van der Waals surface area contributed by atoms with Crippen molar-refractivity contribution in [1.82, 2.24) is 10.2 Å². The highest BCUT2D eigenvalue weighted by Crippen LogP contribution is 2.23. The summed E-state index contributed by atoms with van der Waals surface area (Å²) in [6.07, 6.45) is 2.25. The van der Waals surface area contributed by atoms with Crippen LogP contribution in [0.5, 0.6) is 5.75 Å². The first-order valence-corrected chi connectivity index (χ1v) is 9.36. The fourth-order valence-electron chi connectivity index (χ4n) is 3.27. The topological polar surface area (TPSA) is 84.7 Å². The van der Waals surface area contributed by atoms with Crippen molar-refractivity contribution in [2.24, 2.45) is 11.7 Å². The molecule has 2 amide bonds. The van der Waals surface area contributed by atoms with E-state index in [-0.39, 0.29) is 17.7 Å². The van der Waals surface area contributed by atoms with Gasteiger partial charge in [0.2, 0.25) is 11.8 Å². The van der Waals surface area contributed by atoms with Gasteiger partial charge in [0.1, 0.15) is 5.75 Å². The van der Waals surface area contributed by atoms with Crippen LogP contribution in [0.25, 0.3) is 0 Å². The van der Waals surface area contributed by atoms with Crippen LogP contribution in [0.2, 0.25) is 0 Å². The molecule has 1 aromatic carbocycles. The Kier molecular flexibility index (Phi) is 7.45. The monoisotopic (exact) mass is 361 g/mol. The minimum absolute atomic E-state index is 0.0186. The number of nitrogens with zero attached hydrogens (tertiary/aromatic N) is 1. The second-order valence-electron chi connectivity index (χ2n) is 7.21. The zero-order valence-electron chi connectivity index (χ0n) is 16.1. The molecule has 0 aliphatic carbocycles. The van der Waals surface area contributed by atoms with Gasteiger partial charge in [-0.2, -0.15) is 0 Å². The molecule has 0 bridgehead atoms. The highest BCUT2D eigenvalue weighted by molar-refractivity contribution is 5.78. The maximum atomic E-state index is 12.0. The van der Waals surface area contributed by atoms with Crippen molar-refractivity contribution in [2.45, 2.75) is 40.0 Å². The Morgan fingerprint density at radius 2 is 1.92 bits per heavy atom. The molecule has 0 unspecified atom stereocenters. The minimum Gasteiger partial charge on any atom is -0.493 e. The first-order valence-electron chi connectivity index (χ1n) is 9.36. The Hall–Kier alpha value is -2.08. The SMILES string of the molecule is Cc1cc(C)c(C)c(OCCCNC(=O)CN2CCC(C(N)=O)CC2)c1. The summed E-state index contributed by atoms with van der Waals surface area (Å²) in [7, 11) is 0. The predicted molar refractivity (Wildman–Crippen MR) is 102 cm³/mol. The summed E-state index contributed by atoms with van der Waals surface area (Å²) in [5.41, 5.74) is 8.91. The van der Waals surface area contributed by atoms with Crippen molar-refractivity contribution in [3.8, 4) is 5.75 Å². The van der Waals surface area contributed by atoms with Gasteiger partial charge in [-0.25, -0.2) is 0 Å². The number of hydrogen-bond donors (Lipinski definition) is 2. The van der Waals surface area contributed by atoms with Crippen LogP contribution >= 0.6 is 0 Å². The molecule has 144 valence electrons. The average molecular weight is 361 g/mol. The third-order valence-corrected chi connectivity index (χ3v) is 5.02. The summed E-state index contributed by atoms with van der Waals surface area (Å²) in [4.78, 5) is 25.3. The number of carbonyl (C=O) groups is 2. The van der Waals surface area contributed by atoms with E-state index in [1.54, 1.807) is 0 Å². The Balaban J connectivity index is 1.61. The lowest BCUT2D eigenvalue weighted by molar-refractivity contribution is -0.124. The number of nitrogens with two attached hydrogens (primary N) is 1. The van der Waals surface area contributed by atoms with Crippen molar-refractivity contribution >= 4 is 11.8 Å². The van der Waals surface area contributed by atoms with E-state index in [0.29, 0.717) is 19.7 Å². The van der Waals surface area contributed by atoms with Crippen LogP contribution in [0.15, 0.2) is 12.1 Å². The van der Waals surface area contributed by atoms with Crippen LogP contribution in [0, 0.1) is 26.7 Å². The van der Waals surface area contributed by atoms with Crippen LogP contribution in [0.3, 0.4) is 0 Å². The predicted octanol–water partition coefficient (Wildman–Crippen LogP) is 1.69. The Bertz CT molecular complexity index is 637. The quantitative estimate of drug-likeness (QED) is 0.690. The van der Waals surface area contributed by atoms with Gasteiger partial charge < -0.3 is 15.8 Å². The summed E-state index contributed by atoms with van der Waals surface area (Å²) in [6.45, 7) is 9.25. The molecule has 1 aliphatic heterocycles. The van der Waals surface area contributed by atoms with E-state index in [9.17, 15) is 9.59 Å². The first kappa shape index (κ1) is 20.2. The normalized spacial score (nSPS) is 15.7. The van der Waals surface area contributed by atoms with Crippen LogP contribution in [0.4, 0.5) is 0 Å². The summed E-state index contributed by atoms with van der Waals surface area (Å²) in [5.74, 6) is 0.671. The summed E-state index contributed by atoms with van der Waals surface area (Å²) in [5, 5.41) is 2.94. The molecule has 2 rings (SSSR count). The van der Waals surface area contributed by atoms with Crippen molar-refractivity contribution in [2.75, 3.05) is 32.8 Å². The van der Waals surface area contributed by atoms with Gasteiger partial charge in [0.25, 0.3) is 0 Å². The first-order chi connectivity index (χ1) is 12.4. The van der Waals surface area contributed by atoms with E-state index in [1.807, 2.05) is 0 Å². The second-order valence-corrected chi connectivity index (χ2v) is 7.21. The smallest absolute Gasteiger partial charge is 0.234 e.